The molecule has 2 aliphatic carbocycles. The van der Waals surface area contributed by atoms with Gasteiger partial charge in [-0.2, -0.15) is 6.42 Å². The van der Waals surface area contributed by atoms with E-state index in [1.54, 1.807) is 5.57 Å². The fraction of sp³-hybridized carbons (Fsp3) is 0.667. The third-order valence-electron chi connectivity index (χ3n) is 5.74. The van der Waals surface area contributed by atoms with Gasteiger partial charge in [-0.1, -0.05) is 37.1 Å². The molecule has 26 heavy (non-hydrogen) atoms. The van der Waals surface area contributed by atoms with E-state index in [4.69, 9.17) is 9.05 Å². The second-order valence-corrected chi connectivity index (χ2v) is 7.96. The number of allylic oxidation sites excluding steroid dienone is 2. The summed E-state index contributed by atoms with van der Waals surface area (Å²) in [5.74, 6) is 8.45. The van der Waals surface area contributed by atoms with Crippen LogP contribution < -0.4 is 0 Å². The van der Waals surface area contributed by atoms with E-state index in [1.807, 2.05) is 6.92 Å². The molecule has 0 amide bonds. The predicted molar refractivity (Wildman–Crippen MR) is 113 cm³/mol. The monoisotopic (exact) mass is 468 g/mol. The van der Waals surface area contributed by atoms with Gasteiger partial charge in [-0.3, -0.25) is 0 Å². The Hall–Kier alpha value is 0.924. The topological polar surface area (TPSA) is 18.5 Å². The molecule has 0 aliphatic heterocycles. The van der Waals surface area contributed by atoms with Crippen LogP contribution in [0.15, 0.2) is 23.8 Å². The van der Waals surface area contributed by atoms with Crippen LogP contribution in [0.2, 0.25) is 0 Å². The fourth-order valence-electron chi connectivity index (χ4n) is 4.35. The van der Waals surface area contributed by atoms with Crippen molar-refractivity contribution in [3.05, 3.63) is 30.7 Å². The zero-order valence-electron chi connectivity index (χ0n) is 16.2. The molecule has 3 unspecified atom stereocenters. The molecular weight excluding hydrogens is 435 g/mol. The van der Waals surface area contributed by atoms with Crippen LogP contribution in [0.4, 0.5) is 0 Å². The van der Waals surface area contributed by atoms with Crippen LogP contribution in [0.25, 0.3) is 0 Å². The van der Waals surface area contributed by atoms with Gasteiger partial charge in [-0.05, 0) is 43.9 Å². The molecular formula is C21H33O2P2Y-. The van der Waals surface area contributed by atoms with Crippen LogP contribution >= 0.6 is 18.9 Å². The maximum atomic E-state index is 5.74. The molecule has 0 aromatic heterocycles. The first-order chi connectivity index (χ1) is 12.1. The number of hydrogen-bond donors (Lipinski definition) is 0. The molecule has 0 N–H and O–H groups in total. The van der Waals surface area contributed by atoms with Crippen LogP contribution in [0.3, 0.4) is 0 Å². The third kappa shape index (κ3) is 6.76. The molecule has 2 rings (SSSR count). The molecule has 143 valence electrons. The van der Waals surface area contributed by atoms with Crippen LogP contribution in [0.5, 0.6) is 0 Å². The second kappa shape index (κ2) is 13.2. The van der Waals surface area contributed by atoms with Gasteiger partial charge < -0.3 is 16.0 Å². The molecule has 0 aromatic carbocycles. The largest absolute Gasteiger partial charge is 0.362 e. The van der Waals surface area contributed by atoms with Crippen molar-refractivity contribution in [2.24, 2.45) is 23.7 Å². The average molecular weight is 468 g/mol. The molecule has 5 heteroatoms. The minimum atomic E-state index is 0. The van der Waals surface area contributed by atoms with Gasteiger partial charge >= 0.3 is 0 Å². The normalized spacial score (nSPS) is 31.3. The summed E-state index contributed by atoms with van der Waals surface area (Å²) in [6, 6.07) is 0. The van der Waals surface area contributed by atoms with Crippen molar-refractivity contribution in [3.63, 3.8) is 0 Å². The van der Waals surface area contributed by atoms with Crippen molar-refractivity contribution in [3.8, 4) is 11.8 Å². The molecule has 2 aliphatic rings. The second-order valence-electron chi connectivity index (χ2n) is 7.42. The summed E-state index contributed by atoms with van der Waals surface area (Å²) in [4.78, 5) is 0. The maximum Gasteiger partial charge on any atom is 0.0826 e. The number of fused-ring (bicyclic) bond motifs is 1. The zero-order chi connectivity index (χ0) is 18.2. The Labute approximate surface area is 190 Å². The van der Waals surface area contributed by atoms with Crippen molar-refractivity contribution in [1.29, 1.82) is 0 Å². The number of rotatable bonds is 8. The minimum absolute atomic E-state index is 0. The van der Waals surface area contributed by atoms with Gasteiger partial charge in [0.2, 0.25) is 0 Å². The van der Waals surface area contributed by atoms with Crippen LogP contribution in [-0.4, -0.2) is 12.2 Å². The van der Waals surface area contributed by atoms with Gasteiger partial charge in [-0.25, -0.2) is 0 Å². The third-order valence-corrected chi connectivity index (χ3v) is 6.40. The van der Waals surface area contributed by atoms with Gasteiger partial charge in [0.05, 0.1) is 12.2 Å². The van der Waals surface area contributed by atoms with Gasteiger partial charge in [-0.15, -0.1) is 11.8 Å². The summed E-state index contributed by atoms with van der Waals surface area (Å²) in [5, 5.41) is 0. The summed E-state index contributed by atoms with van der Waals surface area (Å²) in [6.07, 6.45) is 14.0. The molecule has 1 radical (unpaired) electrons. The molecule has 0 spiro atoms. The van der Waals surface area contributed by atoms with Crippen LogP contribution in [-0.2, 0) is 41.8 Å². The molecule has 2 saturated carbocycles. The van der Waals surface area contributed by atoms with Crippen molar-refractivity contribution in [2.45, 2.75) is 64.6 Å². The van der Waals surface area contributed by atoms with E-state index in [-0.39, 0.29) is 38.8 Å². The van der Waals surface area contributed by atoms with Gasteiger partial charge in [0, 0.05) is 64.0 Å². The Morgan fingerprint density at radius 3 is 2.73 bits per heavy atom. The SMILES string of the molecule is [CH2-]CC/C=C1\C[C@H]2C[C@@H](OP)[C@H](/C=C/[C@@H](OP)C(C)CC#CC)[C@H]2C1.[Y]. The molecule has 0 bridgehead atoms. The van der Waals surface area contributed by atoms with E-state index in [9.17, 15) is 0 Å². The standard InChI is InChI=1S/C21H33O2P2.Y/c1-4-6-8-15(3)20(22-24)11-10-18-19-13-16(9-7-5-2)12-17(19)14-21(18)23-25;/h9-11,15,17-21H,2,5,7-8,12-14,24-25H2,1,3H3;/q-1;/b11-10+,16-9+;/t15?,17-,18+,19-,20+,21+;/m0./s1. The first-order valence-electron chi connectivity index (χ1n) is 9.40. The summed E-state index contributed by atoms with van der Waals surface area (Å²) < 4.78 is 11.4. The van der Waals surface area contributed by atoms with Crippen molar-refractivity contribution in [1.82, 2.24) is 0 Å². The van der Waals surface area contributed by atoms with Crippen LogP contribution in [0, 0.1) is 42.4 Å². The fourth-order valence-corrected chi connectivity index (χ4v) is 5.00. The van der Waals surface area contributed by atoms with Crippen molar-refractivity contribution < 1.29 is 41.8 Å². The van der Waals surface area contributed by atoms with E-state index >= 15 is 0 Å². The molecule has 2 fully saturated rings. The summed E-state index contributed by atoms with van der Waals surface area (Å²) >= 11 is 0. The van der Waals surface area contributed by atoms with E-state index in [0.29, 0.717) is 23.9 Å². The Balaban J connectivity index is 0.00000338. The predicted octanol–water partition coefficient (Wildman–Crippen LogP) is 5.53. The smallest absolute Gasteiger partial charge is 0.0826 e. The van der Waals surface area contributed by atoms with Gasteiger partial charge in [0.1, 0.15) is 0 Å². The van der Waals surface area contributed by atoms with E-state index in [0.717, 1.165) is 31.6 Å². The van der Waals surface area contributed by atoms with E-state index in [2.05, 4.69) is 62.8 Å². The van der Waals surface area contributed by atoms with Gasteiger partial charge in [0.15, 0.2) is 0 Å². The number of hydrogen-bond acceptors (Lipinski definition) is 2. The van der Waals surface area contributed by atoms with Crippen molar-refractivity contribution in [2.75, 3.05) is 0 Å². The summed E-state index contributed by atoms with van der Waals surface area (Å²) in [7, 11) is 4.90. The minimum Gasteiger partial charge on any atom is -0.362 e. The first-order valence-corrected chi connectivity index (χ1v) is 10.3. The summed E-state index contributed by atoms with van der Waals surface area (Å²) in [5.41, 5.74) is 1.63. The Morgan fingerprint density at radius 1 is 1.35 bits per heavy atom. The first kappa shape index (κ1) is 25.0. The number of unbranched alkanes of at least 4 members (excludes halogenated alkanes) is 1. The van der Waals surface area contributed by atoms with Gasteiger partial charge in [0.25, 0.3) is 0 Å². The molecule has 8 atom stereocenters. The average Bonchev–Trinajstić information content (AvgIpc) is 3.16. The zero-order valence-corrected chi connectivity index (χ0v) is 21.3. The summed E-state index contributed by atoms with van der Waals surface area (Å²) in [6.45, 7) is 8.03. The quantitative estimate of drug-likeness (QED) is 0.202. The molecule has 0 saturated heterocycles. The van der Waals surface area contributed by atoms with E-state index in [1.165, 1.54) is 12.8 Å². The molecule has 2 nitrogen and oxygen atoms in total. The van der Waals surface area contributed by atoms with Crippen molar-refractivity contribution >= 4 is 18.9 Å². The Bertz CT molecular complexity index is 538. The maximum absolute atomic E-state index is 5.74. The van der Waals surface area contributed by atoms with E-state index < -0.39 is 0 Å². The Morgan fingerprint density at radius 2 is 2.12 bits per heavy atom. The Kier molecular flexibility index (Phi) is 12.7. The molecule has 0 heterocycles. The molecule has 0 aromatic rings. The van der Waals surface area contributed by atoms with Crippen LogP contribution in [0.1, 0.15) is 52.4 Å².